The Balaban J connectivity index is 2.66. The van der Waals surface area contributed by atoms with Gasteiger partial charge in [-0.1, -0.05) is 30.4 Å². The van der Waals surface area contributed by atoms with Gasteiger partial charge in [-0.05, 0) is 16.9 Å². The maximum Gasteiger partial charge on any atom is 0.307 e. The average molecular weight is 201 g/mol. The number of carboxylic acids is 1. The second-order valence-corrected chi connectivity index (χ2v) is 3.31. The lowest BCUT2D eigenvalue weighted by Gasteiger charge is -1.97. The number of hydrogen-bond acceptors (Lipinski definition) is 1. The van der Waals surface area contributed by atoms with Crippen molar-refractivity contribution in [1.82, 2.24) is 4.98 Å². The summed E-state index contributed by atoms with van der Waals surface area (Å²) in [7, 11) is 0. The zero-order chi connectivity index (χ0) is 10.7. The van der Waals surface area contributed by atoms with Gasteiger partial charge < -0.3 is 10.1 Å². The van der Waals surface area contributed by atoms with E-state index in [1.165, 1.54) is 0 Å². The van der Waals surface area contributed by atoms with Gasteiger partial charge in [-0.3, -0.25) is 4.79 Å². The summed E-state index contributed by atoms with van der Waals surface area (Å²) in [5.41, 5.74) is 0.795. The van der Waals surface area contributed by atoms with Crippen LogP contribution in [-0.2, 0) is 4.79 Å². The van der Waals surface area contributed by atoms with Crippen LogP contribution in [0, 0.1) is 0 Å². The van der Waals surface area contributed by atoms with Gasteiger partial charge in [-0.25, -0.2) is 0 Å². The van der Waals surface area contributed by atoms with E-state index in [2.05, 4.69) is 4.98 Å². The largest absolute Gasteiger partial charge is 0.481 e. The lowest BCUT2D eigenvalue weighted by Crippen LogP contribution is -2.25. The number of allylic oxidation sites excluding steroid dienone is 4. The minimum Gasteiger partial charge on any atom is -0.481 e. The van der Waals surface area contributed by atoms with Gasteiger partial charge in [0.2, 0.25) is 0 Å². The molecule has 0 fully saturated rings. The first-order chi connectivity index (χ1) is 7.27. The van der Waals surface area contributed by atoms with Crippen molar-refractivity contribution in [1.29, 1.82) is 0 Å². The maximum atomic E-state index is 10.7. The van der Waals surface area contributed by atoms with E-state index < -0.39 is 5.97 Å². The highest BCUT2D eigenvalue weighted by Crippen LogP contribution is 2.02. The van der Waals surface area contributed by atoms with Crippen LogP contribution < -0.4 is 10.6 Å². The van der Waals surface area contributed by atoms with Gasteiger partial charge >= 0.3 is 5.97 Å². The number of rotatable bonds is 2. The third kappa shape index (κ3) is 2.07. The molecule has 1 aromatic heterocycles. The number of hydrogen-bond donors (Lipinski definition) is 2. The Bertz CT molecular complexity index is 546. The normalized spacial score (nSPS) is 20.5. The van der Waals surface area contributed by atoms with E-state index in [1.807, 2.05) is 42.6 Å². The van der Waals surface area contributed by atoms with Crippen LogP contribution in [0.1, 0.15) is 6.42 Å². The van der Waals surface area contributed by atoms with Crippen LogP contribution in [0.4, 0.5) is 0 Å². The van der Waals surface area contributed by atoms with E-state index in [-0.39, 0.29) is 6.42 Å². The zero-order valence-electron chi connectivity index (χ0n) is 8.10. The van der Waals surface area contributed by atoms with Gasteiger partial charge in [-0.15, -0.1) is 0 Å². The van der Waals surface area contributed by atoms with Crippen LogP contribution in [0.2, 0.25) is 0 Å². The lowest BCUT2D eigenvalue weighted by atomic mass is 10.1. The molecule has 0 amide bonds. The Hall–Kier alpha value is -2.03. The van der Waals surface area contributed by atoms with Crippen molar-refractivity contribution in [3.8, 4) is 0 Å². The third-order valence-electron chi connectivity index (χ3n) is 2.24. The fourth-order valence-corrected chi connectivity index (χ4v) is 1.59. The van der Waals surface area contributed by atoms with Crippen LogP contribution in [0.5, 0.6) is 0 Å². The fraction of sp³-hybridized carbons (Fsp3) is 0.0833. The number of nitrogens with one attached hydrogen (secondary N) is 1. The van der Waals surface area contributed by atoms with E-state index in [9.17, 15) is 4.79 Å². The van der Waals surface area contributed by atoms with Gasteiger partial charge in [0.1, 0.15) is 0 Å². The first-order valence-electron chi connectivity index (χ1n) is 4.71. The molecule has 0 radical (unpaired) electrons. The second-order valence-electron chi connectivity index (χ2n) is 3.31. The Morgan fingerprint density at radius 1 is 1.33 bits per heavy atom. The molecule has 0 atom stereocenters. The van der Waals surface area contributed by atoms with Crippen molar-refractivity contribution in [2.75, 3.05) is 0 Å². The van der Waals surface area contributed by atoms with Crippen LogP contribution >= 0.6 is 0 Å². The van der Waals surface area contributed by atoms with Gasteiger partial charge in [0.05, 0.1) is 6.42 Å². The van der Waals surface area contributed by atoms with E-state index in [0.717, 1.165) is 16.1 Å². The Morgan fingerprint density at radius 3 is 3.00 bits per heavy atom. The fourth-order valence-electron chi connectivity index (χ4n) is 1.59. The number of aromatic nitrogens is 1. The topological polar surface area (TPSA) is 53.1 Å². The molecule has 3 nitrogen and oxygen atoms in total. The van der Waals surface area contributed by atoms with E-state index in [1.54, 1.807) is 0 Å². The molecule has 2 rings (SSSR count). The number of aliphatic carboxylic acids is 1. The second kappa shape index (κ2) is 4.00. The quantitative estimate of drug-likeness (QED) is 0.734. The highest BCUT2D eigenvalue weighted by atomic mass is 16.4. The third-order valence-corrected chi connectivity index (χ3v) is 2.24. The summed E-state index contributed by atoms with van der Waals surface area (Å²) in [5, 5.41) is 10.7. The smallest absolute Gasteiger partial charge is 0.307 e. The van der Waals surface area contributed by atoms with Crippen molar-refractivity contribution in [2.45, 2.75) is 6.42 Å². The molecule has 2 N–H and O–H groups in total. The molecule has 0 bridgehead atoms. The predicted octanol–water partition coefficient (Wildman–Crippen LogP) is 0.547. The van der Waals surface area contributed by atoms with Gasteiger partial charge in [0, 0.05) is 11.5 Å². The van der Waals surface area contributed by atoms with Crippen molar-refractivity contribution in [3.05, 3.63) is 47.1 Å². The number of carboxylic acid groups (broad SMARTS) is 1. The van der Waals surface area contributed by atoms with E-state index in [4.69, 9.17) is 5.11 Å². The number of carbonyl (C=O) groups is 1. The molecule has 15 heavy (non-hydrogen) atoms. The van der Waals surface area contributed by atoms with Crippen molar-refractivity contribution in [3.63, 3.8) is 0 Å². The van der Waals surface area contributed by atoms with Crippen molar-refractivity contribution in [2.24, 2.45) is 0 Å². The minimum atomic E-state index is -0.820. The van der Waals surface area contributed by atoms with Crippen molar-refractivity contribution >= 4 is 17.6 Å². The molecule has 1 heterocycles. The molecule has 0 saturated heterocycles. The van der Waals surface area contributed by atoms with Crippen LogP contribution in [0.3, 0.4) is 0 Å². The monoisotopic (exact) mass is 201 g/mol. The standard InChI is InChI=1S/C12H11NO2/c14-11(15)8-10-5-3-1-2-4-9-6-7-13-12(9)10/h1-7,13H,8H2,(H,14,15)/b2-1-,3-1?,4-2?,5-3-,9-4-,10-5?,12-10?. The molecular weight excluding hydrogens is 190 g/mol. The SMILES string of the molecule is O=C(O)CC1=c2[nH]cc/c2=C/C=C\C=C/1. The summed E-state index contributed by atoms with van der Waals surface area (Å²) < 4.78 is 0. The van der Waals surface area contributed by atoms with Crippen LogP contribution in [-0.4, -0.2) is 16.1 Å². The first kappa shape index (κ1) is 9.52. The number of aromatic amines is 1. The molecule has 1 aliphatic carbocycles. The van der Waals surface area contributed by atoms with Crippen LogP contribution in [0.25, 0.3) is 11.6 Å². The Morgan fingerprint density at radius 2 is 2.20 bits per heavy atom. The molecule has 1 aromatic rings. The highest BCUT2D eigenvalue weighted by Gasteiger charge is 2.03. The molecule has 3 heteroatoms. The first-order valence-corrected chi connectivity index (χ1v) is 4.71. The summed E-state index contributed by atoms with van der Waals surface area (Å²) in [5.74, 6) is -0.820. The van der Waals surface area contributed by atoms with Crippen LogP contribution in [0.15, 0.2) is 36.6 Å². The predicted molar refractivity (Wildman–Crippen MR) is 58.4 cm³/mol. The average Bonchev–Trinajstić information content (AvgIpc) is 2.59. The summed E-state index contributed by atoms with van der Waals surface area (Å²) >= 11 is 0. The molecular formula is C12H11NO2. The van der Waals surface area contributed by atoms with Crippen molar-refractivity contribution < 1.29 is 9.90 Å². The molecule has 0 aliphatic heterocycles. The van der Waals surface area contributed by atoms with Gasteiger partial charge in [0.15, 0.2) is 0 Å². The molecule has 1 aliphatic rings. The summed E-state index contributed by atoms with van der Waals surface area (Å²) in [6, 6.07) is 1.93. The van der Waals surface area contributed by atoms with Gasteiger partial charge in [0.25, 0.3) is 0 Å². The lowest BCUT2D eigenvalue weighted by molar-refractivity contribution is -0.135. The number of H-pyrrole nitrogens is 1. The summed E-state index contributed by atoms with van der Waals surface area (Å²) in [4.78, 5) is 13.8. The Labute approximate surface area is 86.8 Å². The van der Waals surface area contributed by atoms with E-state index >= 15 is 0 Å². The van der Waals surface area contributed by atoms with Gasteiger partial charge in [-0.2, -0.15) is 0 Å². The molecule has 0 spiro atoms. The molecule has 0 unspecified atom stereocenters. The summed E-state index contributed by atoms with van der Waals surface area (Å²) in [6.45, 7) is 0. The number of fused-ring (bicyclic) bond motifs is 1. The molecule has 0 aromatic carbocycles. The minimum absolute atomic E-state index is 0.0334. The summed E-state index contributed by atoms with van der Waals surface area (Å²) in [6.07, 6.45) is 11.3. The maximum absolute atomic E-state index is 10.7. The van der Waals surface area contributed by atoms with E-state index in [0.29, 0.717) is 0 Å². The highest BCUT2D eigenvalue weighted by molar-refractivity contribution is 5.81. The molecule has 76 valence electrons. The molecule has 0 saturated carbocycles. The Kier molecular flexibility index (Phi) is 2.54. The zero-order valence-corrected chi connectivity index (χ0v) is 8.10.